The van der Waals surface area contributed by atoms with Crippen LogP contribution in [0.25, 0.3) is 11.3 Å². The lowest BCUT2D eigenvalue weighted by molar-refractivity contribution is 0.00164. The molecular weight excluding hydrogens is 380 g/mol. The molecule has 2 atom stereocenters. The van der Waals surface area contributed by atoms with Gasteiger partial charge in [0.2, 0.25) is 5.95 Å². The molecule has 0 amide bonds. The summed E-state index contributed by atoms with van der Waals surface area (Å²) in [5.74, 6) is 1.51. The molecule has 0 radical (unpaired) electrons. The van der Waals surface area contributed by atoms with Gasteiger partial charge in [0.05, 0.1) is 25.5 Å². The van der Waals surface area contributed by atoms with E-state index in [1.165, 1.54) is 11.1 Å². The zero-order valence-electron chi connectivity index (χ0n) is 17.1. The first-order valence-corrected chi connectivity index (χ1v) is 10.2. The highest BCUT2D eigenvalue weighted by Gasteiger charge is 2.39. The van der Waals surface area contributed by atoms with Crippen LogP contribution in [-0.2, 0) is 18.2 Å². The van der Waals surface area contributed by atoms with Crippen molar-refractivity contribution < 1.29 is 9.47 Å². The van der Waals surface area contributed by atoms with E-state index in [4.69, 9.17) is 14.5 Å². The normalized spacial score (nSPS) is 20.4. The molecule has 154 valence electrons. The molecule has 1 saturated heterocycles. The molecule has 1 aliphatic carbocycles. The van der Waals surface area contributed by atoms with E-state index in [1.54, 1.807) is 37.2 Å². The Bertz CT molecular complexity index is 1130. The van der Waals surface area contributed by atoms with Crippen LogP contribution < -0.4 is 15.2 Å². The van der Waals surface area contributed by atoms with E-state index in [1.807, 2.05) is 18.2 Å². The highest BCUT2D eigenvalue weighted by Crippen LogP contribution is 2.40. The Morgan fingerprint density at radius 3 is 2.80 bits per heavy atom. The lowest BCUT2D eigenvalue weighted by Gasteiger charge is -2.45. The van der Waals surface area contributed by atoms with Gasteiger partial charge in [-0.1, -0.05) is 6.07 Å². The molecule has 3 heterocycles. The van der Waals surface area contributed by atoms with Crippen LogP contribution in [-0.4, -0.2) is 40.8 Å². The van der Waals surface area contributed by atoms with Crippen molar-refractivity contribution >= 4 is 5.95 Å². The summed E-state index contributed by atoms with van der Waals surface area (Å²) in [4.78, 5) is 23.9. The van der Waals surface area contributed by atoms with Crippen LogP contribution in [0.3, 0.4) is 0 Å². The number of pyridine rings is 1. The highest BCUT2D eigenvalue weighted by molar-refractivity contribution is 5.60. The zero-order valence-corrected chi connectivity index (χ0v) is 17.1. The Labute approximate surface area is 174 Å². The molecule has 0 saturated carbocycles. The molecule has 1 aliphatic heterocycles. The van der Waals surface area contributed by atoms with Crippen molar-refractivity contribution in [3.63, 3.8) is 0 Å². The summed E-state index contributed by atoms with van der Waals surface area (Å²) >= 11 is 0. The van der Waals surface area contributed by atoms with E-state index in [0.717, 1.165) is 24.2 Å². The maximum absolute atomic E-state index is 12.8. The number of benzene rings is 1. The minimum atomic E-state index is -0.0762. The zero-order chi connectivity index (χ0) is 20.7. The molecule has 1 aromatic carbocycles. The number of hydrogen-bond donors (Lipinski definition) is 0. The molecule has 2 aromatic heterocycles. The third-order valence-corrected chi connectivity index (χ3v) is 6.09. The molecule has 0 unspecified atom stereocenters. The van der Waals surface area contributed by atoms with Gasteiger partial charge in [-0.05, 0) is 48.2 Å². The number of hydrogen-bond acceptors (Lipinski definition) is 6. The summed E-state index contributed by atoms with van der Waals surface area (Å²) in [5, 5.41) is 0. The second-order valence-corrected chi connectivity index (χ2v) is 7.73. The van der Waals surface area contributed by atoms with Gasteiger partial charge in [-0.3, -0.25) is 14.3 Å². The number of morpholine rings is 1. The number of nitrogens with zero attached hydrogens (tertiary/aromatic N) is 4. The first-order chi connectivity index (χ1) is 14.7. The van der Waals surface area contributed by atoms with Crippen molar-refractivity contribution in [1.29, 1.82) is 0 Å². The van der Waals surface area contributed by atoms with Crippen molar-refractivity contribution in [1.82, 2.24) is 14.5 Å². The molecule has 3 aromatic rings. The van der Waals surface area contributed by atoms with Crippen LogP contribution in [0.4, 0.5) is 5.95 Å². The molecule has 0 bridgehead atoms. The summed E-state index contributed by atoms with van der Waals surface area (Å²) in [5.41, 5.74) is 3.94. The van der Waals surface area contributed by atoms with Crippen LogP contribution in [0.2, 0.25) is 0 Å². The third kappa shape index (κ3) is 3.15. The van der Waals surface area contributed by atoms with Crippen molar-refractivity contribution in [3.05, 3.63) is 70.3 Å². The number of aryl methyl sites for hydroxylation is 1. The summed E-state index contributed by atoms with van der Waals surface area (Å²) in [7, 11) is 3.46. The van der Waals surface area contributed by atoms with Gasteiger partial charge in [-0.2, -0.15) is 0 Å². The molecule has 30 heavy (non-hydrogen) atoms. The van der Waals surface area contributed by atoms with Gasteiger partial charge < -0.3 is 14.4 Å². The average Bonchev–Trinajstić information content (AvgIpc) is 2.80. The number of anilines is 1. The van der Waals surface area contributed by atoms with Crippen LogP contribution in [0.5, 0.6) is 5.75 Å². The van der Waals surface area contributed by atoms with Gasteiger partial charge in [0, 0.05) is 37.6 Å². The van der Waals surface area contributed by atoms with E-state index in [-0.39, 0.29) is 17.7 Å². The maximum atomic E-state index is 12.8. The smallest absolute Gasteiger partial charge is 0.255 e. The summed E-state index contributed by atoms with van der Waals surface area (Å²) < 4.78 is 13.3. The topological polar surface area (TPSA) is 69.5 Å². The highest BCUT2D eigenvalue weighted by atomic mass is 16.5. The van der Waals surface area contributed by atoms with E-state index in [2.05, 4.69) is 22.0 Å². The van der Waals surface area contributed by atoms with Crippen LogP contribution in [0, 0.1) is 0 Å². The maximum Gasteiger partial charge on any atom is 0.255 e. The molecule has 5 rings (SSSR count). The van der Waals surface area contributed by atoms with Crippen molar-refractivity contribution in [3.8, 4) is 17.0 Å². The Kier molecular flexibility index (Phi) is 4.75. The lowest BCUT2D eigenvalue weighted by Crippen LogP contribution is -2.51. The van der Waals surface area contributed by atoms with Crippen LogP contribution >= 0.6 is 0 Å². The Hall–Kier alpha value is -3.19. The standard InChI is InChI=1S/C23H24N4O3/c1-26-21(28)14-19(16-7-9-24-10-8-16)25-23(26)27-11-12-30-22-18-13-17(29-2)5-3-15(18)4-6-20(22)27/h3,5,7-10,13-14,20,22H,4,6,11-12H2,1-2H3/t20-,22+/m0/s1. The average molecular weight is 404 g/mol. The first-order valence-electron chi connectivity index (χ1n) is 10.2. The molecule has 0 spiro atoms. The monoisotopic (exact) mass is 404 g/mol. The SMILES string of the molecule is COc1ccc2c(c1)[C@H]1OCCN(c3nc(-c4ccncc4)cc(=O)n3C)[C@H]1CC2. The van der Waals surface area contributed by atoms with Gasteiger partial charge >= 0.3 is 0 Å². The summed E-state index contributed by atoms with van der Waals surface area (Å²) in [6.07, 6.45) is 5.26. The van der Waals surface area contributed by atoms with Crippen molar-refractivity contribution in [2.24, 2.45) is 7.05 Å². The largest absolute Gasteiger partial charge is 0.497 e. The second kappa shape index (κ2) is 7.57. The van der Waals surface area contributed by atoms with Crippen LogP contribution in [0.1, 0.15) is 23.7 Å². The van der Waals surface area contributed by atoms with Crippen molar-refractivity contribution in [2.75, 3.05) is 25.2 Å². The van der Waals surface area contributed by atoms with Gasteiger partial charge in [-0.15, -0.1) is 0 Å². The van der Waals surface area contributed by atoms with E-state index >= 15 is 0 Å². The van der Waals surface area contributed by atoms with Gasteiger partial charge in [0.1, 0.15) is 11.9 Å². The Morgan fingerprint density at radius 2 is 2.00 bits per heavy atom. The van der Waals surface area contributed by atoms with E-state index in [0.29, 0.717) is 24.8 Å². The van der Waals surface area contributed by atoms with Crippen LogP contribution in [0.15, 0.2) is 53.6 Å². The number of fused-ring (bicyclic) bond motifs is 3. The van der Waals surface area contributed by atoms with E-state index < -0.39 is 0 Å². The number of rotatable bonds is 3. The lowest BCUT2D eigenvalue weighted by atomic mass is 9.84. The minimum Gasteiger partial charge on any atom is -0.497 e. The minimum absolute atomic E-state index is 0.0703. The summed E-state index contributed by atoms with van der Waals surface area (Å²) in [6, 6.07) is 11.7. The molecule has 7 heteroatoms. The first kappa shape index (κ1) is 18.8. The number of methoxy groups -OCH3 is 1. The number of aromatic nitrogens is 3. The molecule has 2 aliphatic rings. The van der Waals surface area contributed by atoms with Gasteiger partial charge in [-0.25, -0.2) is 4.98 Å². The Balaban J connectivity index is 1.56. The fraction of sp³-hybridized carbons (Fsp3) is 0.348. The molecule has 1 fully saturated rings. The fourth-order valence-corrected chi connectivity index (χ4v) is 4.52. The van der Waals surface area contributed by atoms with E-state index in [9.17, 15) is 4.79 Å². The second-order valence-electron chi connectivity index (χ2n) is 7.73. The summed E-state index contributed by atoms with van der Waals surface area (Å²) in [6.45, 7) is 1.27. The van der Waals surface area contributed by atoms with Gasteiger partial charge in [0.15, 0.2) is 0 Å². The quantitative estimate of drug-likeness (QED) is 0.669. The molecular formula is C23H24N4O3. The Morgan fingerprint density at radius 1 is 1.17 bits per heavy atom. The molecule has 0 N–H and O–H groups in total. The third-order valence-electron chi connectivity index (χ3n) is 6.09. The molecule has 7 nitrogen and oxygen atoms in total. The predicted octanol–water partition coefficient (Wildman–Crippen LogP) is 2.74. The number of ether oxygens (including phenoxy) is 2. The predicted molar refractivity (Wildman–Crippen MR) is 114 cm³/mol. The fourth-order valence-electron chi connectivity index (χ4n) is 4.52. The van der Waals surface area contributed by atoms with Crippen molar-refractivity contribution in [2.45, 2.75) is 25.0 Å². The van der Waals surface area contributed by atoms with Gasteiger partial charge in [0.25, 0.3) is 5.56 Å².